The van der Waals surface area contributed by atoms with Crippen LogP contribution in [-0.4, -0.2) is 39.4 Å². The Morgan fingerprint density at radius 3 is 2.76 bits per heavy atom. The average Bonchev–Trinajstić information content (AvgIpc) is 3.48. The third-order valence-corrected chi connectivity index (χ3v) is 6.54. The minimum absolute atomic E-state index is 0.0570. The summed E-state index contributed by atoms with van der Waals surface area (Å²) in [5.74, 6) is 2.01. The van der Waals surface area contributed by atoms with Gasteiger partial charge in [0.2, 0.25) is 11.7 Å². The summed E-state index contributed by atoms with van der Waals surface area (Å²) < 4.78 is 8.72. The SMILES string of the molecule is CCC(Nc1ncnc(N)c1-c1noc(C)n1)c1nc2cccc(-c3cnn(C)c3)c2c(=O)n1C1CC1. The Labute approximate surface area is 211 Å². The fourth-order valence-electron chi connectivity index (χ4n) is 4.64. The Morgan fingerprint density at radius 1 is 1.24 bits per heavy atom. The highest BCUT2D eigenvalue weighted by atomic mass is 16.5. The Hall–Kier alpha value is -4.61. The second-order valence-corrected chi connectivity index (χ2v) is 9.20. The van der Waals surface area contributed by atoms with Crippen LogP contribution >= 0.6 is 0 Å². The molecule has 1 aromatic carbocycles. The molecule has 0 saturated heterocycles. The fourth-order valence-corrected chi connectivity index (χ4v) is 4.64. The molecule has 0 bridgehead atoms. The smallest absolute Gasteiger partial charge is 0.262 e. The van der Waals surface area contributed by atoms with Crippen molar-refractivity contribution >= 4 is 22.5 Å². The van der Waals surface area contributed by atoms with Crippen LogP contribution in [-0.2, 0) is 7.05 Å². The van der Waals surface area contributed by atoms with Gasteiger partial charge in [-0.25, -0.2) is 15.0 Å². The molecule has 6 rings (SSSR count). The van der Waals surface area contributed by atoms with Gasteiger partial charge in [-0.1, -0.05) is 24.2 Å². The highest BCUT2D eigenvalue weighted by Crippen LogP contribution is 2.38. The van der Waals surface area contributed by atoms with E-state index in [4.69, 9.17) is 15.2 Å². The molecule has 5 aromatic rings. The molecular formula is C25H26N10O2. The number of fused-ring (bicyclic) bond motifs is 1. The number of aromatic nitrogens is 8. The van der Waals surface area contributed by atoms with E-state index in [0.717, 1.165) is 24.0 Å². The second kappa shape index (κ2) is 8.80. The van der Waals surface area contributed by atoms with E-state index >= 15 is 0 Å². The van der Waals surface area contributed by atoms with Crippen molar-refractivity contribution in [3.05, 3.63) is 59.0 Å². The van der Waals surface area contributed by atoms with Crippen LogP contribution in [0.2, 0.25) is 0 Å². The molecule has 188 valence electrons. The molecule has 4 aromatic heterocycles. The summed E-state index contributed by atoms with van der Waals surface area (Å²) in [4.78, 5) is 31.9. The largest absolute Gasteiger partial charge is 0.383 e. The van der Waals surface area contributed by atoms with Gasteiger partial charge >= 0.3 is 0 Å². The maximum absolute atomic E-state index is 14.0. The Kier molecular flexibility index (Phi) is 5.43. The van der Waals surface area contributed by atoms with Crippen LogP contribution in [0.25, 0.3) is 33.4 Å². The number of aryl methyl sites for hydroxylation is 2. The minimum Gasteiger partial charge on any atom is -0.383 e. The molecule has 1 aliphatic carbocycles. The monoisotopic (exact) mass is 498 g/mol. The summed E-state index contributed by atoms with van der Waals surface area (Å²) in [5.41, 5.74) is 8.91. The van der Waals surface area contributed by atoms with Crippen molar-refractivity contribution < 1.29 is 4.52 Å². The predicted octanol–water partition coefficient (Wildman–Crippen LogP) is 3.43. The van der Waals surface area contributed by atoms with Crippen molar-refractivity contribution in [2.24, 2.45) is 7.05 Å². The van der Waals surface area contributed by atoms with Gasteiger partial charge in [-0.2, -0.15) is 10.1 Å². The first-order chi connectivity index (χ1) is 17.9. The molecule has 37 heavy (non-hydrogen) atoms. The molecular weight excluding hydrogens is 472 g/mol. The van der Waals surface area contributed by atoms with Gasteiger partial charge in [-0.05, 0) is 30.9 Å². The maximum atomic E-state index is 14.0. The molecule has 12 heteroatoms. The van der Waals surface area contributed by atoms with E-state index in [9.17, 15) is 4.79 Å². The number of hydrogen-bond donors (Lipinski definition) is 2. The van der Waals surface area contributed by atoms with Crippen LogP contribution < -0.4 is 16.6 Å². The van der Waals surface area contributed by atoms with Crippen molar-refractivity contribution in [3.63, 3.8) is 0 Å². The number of benzene rings is 1. The topological polar surface area (TPSA) is 155 Å². The van der Waals surface area contributed by atoms with Crippen molar-refractivity contribution in [1.29, 1.82) is 0 Å². The average molecular weight is 499 g/mol. The highest BCUT2D eigenvalue weighted by molar-refractivity contribution is 5.93. The van der Waals surface area contributed by atoms with E-state index in [2.05, 4.69) is 30.5 Å². The number of hydrogen-bond acceptors (Lipinski definition) is 10. The molecule has 0 amide bonds. The Balaban J connectivity index is 1.50. The van der Waals surface area contributed by atoms with E-state index in [0.29, 0.717) is 46.2 Å². The van der Waals surface area contributed by atoms with E-state index in [-0.39, 0.29) is 23.5 Å². The summed E-state index contributed by atoms with van der Waals surface area (Å²) in [6, 6.07) is 5.50. The predicted molar refractivity (Wildman–Crippen MR) is 138 cm³/mol. The summed E-state index contributed by atoms with van der Waals surface area (Å²) in [6.45, 7) is 3.73. The van der Waals surface area contributed by atoms with Crippen molar-refractivity contribution in [3.8, 4) is 22.5 Å². The molecule has 1 unspecified atom stereocenters. The van der Waals surface area contributed by atoms with E-state index in [1.807, 2.05) is 42.9 Å². The van der Waals surface area contributed by atoms with E-state index < -0.39 is 0 Å². The van der Waals surface area contributed by atoms with Crippen LogP contribution in [0.15, 0.2) is 46.2 Å². The second-order valence-electron chi connectivity index (χ2n) is 9.20. The number of nitrogen functional groups attached to an aromatic ring is 1. The van der Waals surface area contributed by atoms with Gasteiger partial charge in [0.25, 0.3) is 5.56 Å². The van der Waals surface area contributed by atoms with Gasteiger partial charge in [0.1, 0.15) is 29.4 Å². The lowest BCUT2D eigenvalue weighted by molar-refractivity contribution is 0.394. The lowest BCUT2D eigenvalue weighted by Crippen LogP contribution is -2.29. The number of nitrogens with one attached hydrogen (secondary N) is 1. The quantitative estimate of drug-likeness (QED) is 0.341. The van der Waals surface area contributed by atoms with Gasteiger partial charge in [0.05, 0.1) is 23.1 Å². The number of rotatable bonds is 7. The van der Waals surface area contributed by atoms with Crippen LogP contribution in [0.3, 0.4) is 0 Å². The first kappa shape index (κ1) is 22.8. The lowest BCUT2D eigenvalue weighted by atomic mass is 10.0. The molecule has 12 nitrogen and oxygen atoms in total. The van der Waals surface area contributed by atoms with Crippen molar-refractivity contribution in [2.75, 3.05) is 11.1 Å². The fraction of sp³-hybridized carbons (Fsp3) is 0.320. The molecule has 4 heterocycles. The molecule has 1 atom stereocenters. The third kappa shape index (κ3) is 3.99. The zero-order chi connectivity index (χ0) is 25.7. The van der Waals surface area contributed by atoms with Gasteiger partial charge < -0.3 is 15.6 Å². The maximum Gasteiger partial charge on any atom is 0.262 e. The molecule has 3 N–H and O–H groups in total. The molecule has 1 saturated carbocycles. The summed E-state index contributed by atoms with van der Waals surface area (Å²) >= 11 is 0. The van der Waals surface area contributed by atoms with Gasteiger partial charge in [0.15, 0.2) is 0 Å². The zero-order valence-electron chi connectivity index (χ0n) is 20.7. The van der Waals surface area contributed by atoms with Gasteiger partial charge in [-0.3, -0.25) is 14.0 Å². The third-order valence-electron chi connectivity index (χ3n) is 6.54. The lowest BCUT2D eigenvalue weighted by Gasteiger charge is -2.23. The summed E-state index contributed by atoms with van der Waals surface area (Å²) in [7, 11) is 1.86. The molecule has 0 aliphatic heterocycles. The van der Waals surface area contributed by atoms with Gasteiger partial charge in [0, 0.05) is 31.8 Å². The molecule has 0 radical (unpaired) electrons. The number of nitrogens with zero attached hydrogens (tertiary/aromatic N) is 8. The van der Waals surface area contributed by atoms with E-state index in [1.54, 1.807) is 17.8 Å². The first-order valence-electron chi connectivity index (χ1n) is 12.2. The van der Waals surface area contributed by atoms with Crippen LogP contribution in [0.1, 0.15) is 50.0 Å². The number of nitrogens with two attached hydrogens (primary N) is 1. The normalized spacial score (nSPS) is 14.2. The highest BCUT2D eigenvalue weighted by Gasteiger charge is 2.32. The van der Waals surface area contributed by atoms with Crippen LogP contribution in [0.5, 0.6) is 0 Å². The Morgan fingerprint density at radius 2 is 2.08 bits per heavy atom. The van der Waals surface area contributed by atoms with Gasteiger partial charge in [-0.15, -0.1) is 0 Å². The minimum atomic E-state index is -0.333. The Bertz CT molecular complexity index is 1680. The van der Waals surface area contributed by atoms with Crippen LogP contribution in [0, 0.1) is 6.92 Å². The summed E-state index contributed by atoms with van der Waals surface area (Å²) in [5, 5.41) is 12.3. The molecule has 1 fully saturated rings. The number of anilines is 2. The zero-order valence-corrected chi connectivity index (χ0v) is 20.7. The molecule has 1 aliphatic rings. The molecule has 0 spiro atoms. The van der Waals surface area contributed by atoms with Crippen molar-refractivity contribution in [2.45, 2.75) is 45.2 Å². The first-order valence-corrected chi connectivity index (χ1v) is 12.2. The van der Waals surface area contributed by atoms with E-state index in [1.165, 1.54) is 6.33 Å². The summed E-state index contributed by atoms with van der Waals surface area (Å²) in [6.07, 6.45) is 7.55. The van der Waals surface area contributed by atoms with Crippen LogP contribution in [0.4, 0.5) is 11.6 Å². The van der Waals surface area contributed by atoms with Crippen molar-refractivity contribution in [1.82, 2.24) is 39.4 Å². The standard InChI is InChI=1S/C25H26N10O2/c1-4-17(31-22-20(21(26)27-12-28-22)23-30-13(2)37-33-23)24-32-18-7-5-6-16(14-10-29-34(3)11-14)19(18)25(36)35(24)15-8-9-15/h5-7,10-12,15,17H,4,8-9H2,1-3H3,(H3,26,27,28,31).